The van der Waals surface area contributed by atoms with Crippen molar-refractivity contribution in [1.29, 1.82) is 0 Å². The molecule has 0 saturated carbocycles. The van der Waals surface area contributed by atoms with Crippen molar-refractivity contribution in [3.63, 3.8) is 0 Å². The van der Waals surface area contributed by atoms with Gasteiger partial charge in [0.15, 0.2) is 5.82 Å². The zero-order valence-corrected chi connectivity index (χ0v) is 11.1. The summed E-state index contributed by atoms with van der Waals surface area (Å²) < 4.78 is 6.40. The Morgan fingerprint density at radius 2 is 2.05 bits per heavy atom. The van der Waals surface area contributed by atoms with Crippen molar-refractivity contribution in [2.45, 2.75) is 5.16 Å². The number of hydrogen-bond acceptors (Lipinski definition) is 6. The van der Waals surface area contributed by atoms with Crippen LogP contribution in [-0.4, -0.2) is 33.6 Å². The van der Waals surface area contributed by atoms with Gasteiger partial charge in [-0.2, -0.15) is 0 Å². The Morgan fingerprint density at radius 3 is 2.63 bits per heavy atom. The number of benzene rings is 1. The normalized spacial score (nSPS) is 10.4. The van der Waals surface area contributed by atoms with Crippen LogP contribution < -0.4 is 16.3 Å². The van der Waals surface area contributed by atoms with E-state index in [0.717, 1.165) is 23.1 Å². The van der Waals surface area contributed by atoms with Crippen molar-refractivity contribution in [3.8, 4) is 17.1 Å². The van der Waals surface area contributed by atoms with Crippen molar-refractivity contribution in [1.82, 2.24) is 14.9 Å². The molecule has 0 bridgehead atoms. The SMILES string of the molecule is COc1ccc(-c2nnc(SCC(N)=O)n2N)cc1. The third kappa shape index (κ3) is 2.97. The Bertz CT molecular complexity index is 581. The molecule has 2 aromatic rings. The molecule has 8 heteroatoms. The summed E-state index contributed by atoms with van der Waals surface area (Å²) in [6.45, 7) is 0. The third-order valence-corrected chi connectivity index (χ3v) is 3.32. The van der Waals surface area contributed by atoms with Crippen LogP contribution >= 0.6 is 11.8 Å². The molecule has 4 N–H and O–H groups in total. The molecule has 0 aliphatic carbocycles. The number of nitrogens with zero attached hydrogens (tertiary/aromatic N) is 3. The second-order valence-corrected chi connectivity index (χ2v) is 4.60. The smallest absolute Gasteiger partial charge is 0.227 e. The molecule has 1 amide bonds. The van der Waals surface area contributed by atoms with Crippen LogP contribution in [0.3, 0.4) is 0 Å². The lowest BCUT2D eigenvalue weighted by Crippen LogP contribution is -2.16. The standard InChI is InChI=1S/C11H13N5O2S/c1-18-8-4-2-7(3-5-8)10-14-15-11(16(10)13)19-6-9(12)17/h2-5H,6,13H2,1H3,(H2,12,17). The first-order valence-electron chi connectivity index (χ1n) is 5.38. The Morgan fingerprint density at radius 1 is 1.37 bits per heavy atom. The molecule has 7 nitrogen and oxygen atoms in total. The summed E-state index contributed by atoms with van der Waals surface area (Å²) in [5, 5.41) is 8.35. The molecule has 2 rings (SSSR count). The lowest BCUT2D eigenvalue weighted by atomic mass is 10.2. The largest absolute Gasteiger partial charge is 0.497 e. The Kier molecular flexibility index (Phi) is 3.91. The molecule has 0 atom stereocenters. The van der Waals surface area contributed by atoms with Gasteiger partial charge in [-0.1, -0.05) is 11.8 Å². The maximum atomic E-state index is 10.7. The van der Waals surface area contributed by atoms with Crippen LogP contribution in [0.25, 0.3) is 11.4 Å². The highest BCUT2D eigenvalue weighted by Crippen LogP contribution is 2.23. The van der Waals surface area contributed by atoms with E-state index in [9.17, 15) is 4.79 Å². The number of carbonyl (C=O) groups excluding carboxylic acids is 1. The minimum atomic E-state index is -0.431. The summed E-state index contributed by atoms with van der Waals surface area (Å²) in [5.74, 6) is 6.81. The minimum absolute atomic E-state index is 0.109. The van der Waals surface area contributed by atoms with E-state index in [1.165, 1.54) is 4.68 Å². The van der Waals surface area contributed by atoms with E-state index in [4.69, 9.17) is 16.3 Å². The van der Waals surface area contributed by atoms with Gasteiger partial charge in [0.2, 0.25) is 11.1 Å². The first kappa shape index (κ1) is 13.2. The number of ether oxygens (including phenoxy) is 1. The second kappa shape index (κ2) is 5.61. The minimum Gasteiger partial charge on any atom is -0.497 e. The van der Waals surface area contributed by atoms with Gasteiger partial charge in [0.1, 0.15) is 5.75 Å². The van der Waals surface area contributed by atoms with Crippen LogP contribution in [0.4, 0.5) is 0 Å². The summed E-state index contributed by atoms with van der Waals surface area (Å²) in [6.07, 6.45) is 0. The van der Waals surface area contributed by atoms with Crippen molar-refractivity contribution in [3.05, 3.63) is 24.3 Å². The molecule has 0 aliphatic rings. The lowest BCUT2D eigenvalue weighted by molar-refractivity contribution is -0.115. The maximum Gasteiger partial charge on any atom is 0.227 e. The molecule has 1 aromatic carbocycles. The summed E-state index contributed by atoms with van der Waals surface area (Å²) >= 11 is 1.14. The molecule has 0 fully saturated rings. The summed E-state index contributed by atoms with van der Waals surface area (Å²) in [5.41, 5.74) is 5.88. The third-order valence-electron chi connectivity index (χ3n) is 2.36. The van der Waals surface area contributed by atoms with Gasteiger partial charge in [-0.05, 0) is 24.3 Å². The van der Waals surface area contributed by atoms with Crippen molar-refractivity contribution in [2.75, 3.05) is 18.7 Å². The molecular formula is C11H13N5O2S. The van der Waals surface area contributed by atoms with Crippen molar-refractivity contribution in [2.24, 2.45) is 5.73 Å². The van der Waals surface area contributed by atoms with E-state index in [1.54, 1.807) is 19.2 Å². The quantitative estimate of drug-likeness (QED) is 0.599. The number of rotatable bonds is 5. The molecule has 1 heterocycles. The van der Waals surface area contributed by atoms with Gasteiger partial charge in [-0.15, -0.1) is 10.2 Å². The van der Waals surface area contributed by atoms with Gasteiger partial charge >= 0.3 is 0 Å². The zero-order valence-electron chi connectivity index (χ0n) is 10.2. The average Bonchev–Trinajstić information content (AvgIpc) is 2.78. The van der Waals surface area contributed by atoms with E-state index in [-0.39, 0.29) is 5.75 Å². The number of methoxy groups -OCH3 is 1. The molecule has 0 radical (unpaired) electrons. The van der Waals surface area contributed by atoms with Crippen LogP contribution in [0.2, 0.25) is 0 Å². The second-order valence-electron chi connectivity index (χ2n) is 3.66. The highest BCUT2D eigenvalue weighted by Gasteiger charge is 2.12. The molecule has 100 valence electrons. The predicted molar refractivity (Wildman–Crippen MR) is 72.1 cm³/mol. The fourth-order valence-electron chi connectivity index (χ4n) is 1.45. The lowest BCUT2D eigenvalue weighted by Gasteiger charge is -2.04. The number of primary amides is 1. The van der Waals surface area contributed by atoms with Crippen LogP contribution in [0.15, 0.2) is 29.4 Å². The van der Waals surface area contributed by atoms with E-state index >= 15 is 0 Å². The van der Waals surface area contributed by atoms with Crippen molar-refractivity contribution >= 4 is 17.7 Å². The number of carbonyl (C=O) groups is 1. The van der Waals surface area contributed by atoms with Gasteiger partial charge in [0, 0.05) is 5.56 Å². The van der Waals surface area contributed by atoms with E-state index in [2.05, 4.69) is 10.2 Å². The van der Waals surface area contributed by atoms with Gasteiger partial charge in [0.05, 0.1) is 12.9 Å². The highest BCUT2D eigenvalue weighted by molar-refractivity contribution is 7.99. The highest BCUT2D eigenvalue weighted by atomic mass is 32.2. The van der Waals surface area contributed by atoms with Gasteiger partial charge in [-0.3, -0.25) is 4.79 Å². The van der Waals surface area contributed by atoms with Crippen LogP contribution in [0, 0.1) is 0 Å². The predicted octanol–water partition coefficient (Wildman–Crippen LogP) is 0.245. The summed E-state index contributed by atoms with van der Waals surface area (Å²) in [7, 11) is 1.60. The molecule has 0 saturated heterocycles. The topological polar surface area (TPSA) is 109 Å². The number of amides is 1. The van der Waals surface area contributed by atoms with Gasteiger partial charge < -0.3 is 16.3 Å². The molecule has 0 spiro atoms. The van der Waals surface area contributed by atoms with Gasteiger partial charge in [-0.25, -0.2) is 4.68 Å². The Balaban J connectivity index is 2.22. The number of nitrogen functional groups attached to an aromatic ring is 1. The van der Waals surface area contributed by atoms with E-state index in [1.807, 2.05) is 12.1 Å². The molecule has 19 heavy (non-hydrogen) atoms. The van der Waals surface area contributed by atoms with E-state index < -0.39 is 5.91 Å². The van der Waals surface area contributed by atoms with Crippen LogP contribution in [-0.2, 0) is 4.79 Å². The number of hydrogen-bond donors (Lipinski definition) is 2. The number of nitrogens with two attached hydrogens (primary N) is 2. The summed E-state index contributed by atoms with van der Waals surface area (Å²) in [4.78, 5) is 10.7. The van der Waals surface area contributed by atoms with Crippen LogP contribution in [0.1, 0.15) is 0 Å². The molecule has 1 aromatic heterocycles. The molecule has 0 unspecified atom stereocenters. The van der Waals surface area contributed by atoms with Crippen molar-refractivity contribution < 1.29 is 9.53 Å². The fraction of sp³-hybridized carbons (Fsp3) is 0.182. The number of thioether (sulfide) groups is 1. The monoisotopic (exact) mass is 279 g/mol. The molecular weight excluding hydrogens is 266 g/mol. The Hall–Kier alpha value is -2.22. The van der Waals surface area contributed by atoms with Crippen LogP contribution in [0.5, 0.6) is 5.75 Å². The fourth-order valence-corrected chi connectivity index (χ4v) is 2.04. The zero-order chi connectivity index (χ0) is 13.8. The average molecular weight is 279 g/mol. The molecule has 0 aliphatic heterocycles. The first-order valence-corrected chi connectivity index (χ1v) is 6.36. The number of aromatic nitrogens is 3. The van der Waals surface area contributed by atoms with Gasteiger partial charge in [0.25, 0.3) is 0 Å². The van der Waals surface area contributed by atoms with E-state index in [0.29, 0.717) is 11.0 Å². The first-order chi connectivity index (χ1) is 9.11. The summed E-state index contributed by atoms with van der Waals surface area (Å²) in [6, 6.07) is 7.27. The maximum absolute atomic E-state index is 10.7. The Labute approximate surface area is 113 Å².